The van der Waals surface area contributed by atoms with Crippen molar-refractivity contribution in [2.75, 3.05) is 20.7 Å². The lowest BCUT2D eigenvalue weighted by Gasteiger charge is -2.12. The van der Waals surface area contributed by atoms with E-state index in [0.717, 1.165) is 40.9 Å². The van der Waals surface area contributed by atoms with E-state index in [2.05, 4.69) is 32.5 Å². The van der Waals surface area contributed by atoms with E-state index in [1.54, 1.807) is 31.7 Å². The smallest absolute Gasteiger partial charge is 0.219 e. The van der Waals surface area contributed by atoms with Crippen molar-refractivity contribution in [1.29, 1.82) is 0 Å². The van der Waals surface area contributed by atoms with Gasteiger partial charge in [-0.05, 0) is 31.5 Å². The number of hydrogen-bond acceptors (Lipinski definition) is 6. The van der Waals surface area contributed by atoms with Crippen LogP contribution in [0.5, 0.6) is 17.4 Å². The molecule has 2 aromatic heterocycles. The summed E-state index contributed by atoms with van der Waals surface area (Å²) < 4.78 is 11.0. The number of methoxy groups -OCH3 is 1. The molecule has 0 aliphatic rings. The molecule has 7 nitrogen and oxygen atoms in total. The summed E-state index contributed by atoms with van der Waals surface area (Å²) in [6.07, 6.45) is 2.66. The van der Waals surface area contributed by atoms with Crippen molar-refractivity contribution in [3.63, 3.8) is 0 Å². The second-order valence-corrected chi connectivity index (χ2v) is 7.93. The van der Waals surface area contributed by atoms with E-state index in [1.165, 1.54) is 4.88 Å². The van der Waals surface area contributed by atoms with Crippen LogP contribution in [0.15, 0.2) is 47.6 Å². The van der Waals surface area contributed by atoms with Gasteiger partial charge >= 0.3 is 0 Å². The number of hydrogen-bond donors (Lipinski definition) is 2. The number of benzene rings is 1. The van der Waals surface area contributed by atoms with Crippen LogP contribution >= 0.6 is 35.3 Å². The maximum Gasteiger partial charge on any atom is 0.219 e. The number of ether oxygens (including phenoxy) is 2. The van der Waals surface area contributed by atoms with Gasteiger partial charge in [0.2, 0.25) is 5.88 Å². The SMILES string of the molecule is CN=C(NCCc1nc(C)c(C)s1)NCc1ccc(Oc2cccc(OC)c2)nc1.I. The molecule has 3 rings (SSSR count). The van der Waals surface area contributed by atoms with Crippen molar-refractivity contribution in [3.05, 3.63) is 63.7 Å². The number of aromatic nitrogens is 2. The Bertz CT molecular complexity index is 972. The molecule has 2 N–H and O–H groups in total. The molecule has 0 amide bonds. The predicted octanol–water partition coefficient (Wildman–Crippen LogP) is 4.48. The molecule has 1 aromatic carbocycles. The van der Waals surface area contributed by atoms with E-state index in [4.69, 9.17) is 9.47 Å². The number of pyridine rings is 1. The predicted molar refractivity (Wildman–Crippen MR) is 136 cm³/mol. The Balaban J connectivity index is 0.00000341. The Morgan fingerprint density at radius 2 is 1.94 bits per heavy atom. The van der Waals surface area contributed by atoms with Gasteiger partial charge in [0, 0.05) is 49.8 Å². The Kier molecular flexibility index (Phi) is 9.99. The van der Waals surface area contributed by atoms with Gasteiger partial charge in [-0.15, -0.1) is 35.3 Å². The third kappa shape index (κ3) is 7.66. The van der Waals surface area contributed by atoms with E-state index in [-0.39, 0.29) is 24.0 Å². The molecule has 0 fully saturated rings. The summed E-state index contributed by atoms with van der Waals surface area (Å²) in [5.74, 6) is 2.70. The van der Waals surface area contributed by atoms with E-state index >= 15 is 0 Å². The van der Waals surface area contributed by atoms with Gasteiger partial charge in [0.05, 0.1) is 17.8 Å². The van der Waals surface area contributed by atoms with Crippen LogP contribution in [-0.4, -0.2) is 36.6 Å². The summed E-state index contributed by atoms with van der Waals surface area (Å²) in [5.41, 5.74) is 2.14. The number of aryl methyl sites for hydroxylation is 2. The van der Waals surface area contributed by atoms with E-state index in [9.17, 15) is 0 Å². The molecule has 0 saturated heterocycles. The Morgan fingerprint density at radius 1 is 1.13 bits per heavy atom. The first-order chi connectivity index (χ1) is 14.6. The lowest BCUT2D eigenvalue weighted by atomic mass is 10.3. The highest BCUT2D eigenvalue weighted by Gasteiger charge is 2.05. The summed E-state index contributed by atoms with van der Waals surface area (Å²) in [6.45, 7) is 5.54. The molecule has 0 radical (unpaired) electrons. The minimum atomic E-state index is 0. The van der Waals surface area contributed by atoms with Crippen molar-refractivity contribution in [3.8, 4) is 17.4 Å². The van der Waals surface area contributed by atoms with Gasteiger partial charge < -0.3 is 20.1 Å². The molecule has 3 aromatic rings. The summed E-state index contributed by atoms with van der Waals surface area (Å²) >= 11 is 1.75. The lowest BCUT2D eigenvalue weighted by Crippen LogP contribution is -2.37. The number of nitrogens with one attached hydrogen (secondary N) is 2. The van der Waals surface area contributed by atoms with Crippen molar-refractivity contribution in [2.45, 2.75) is 26.8 Å². The van der Waals surface area contributed by atoms with Gasteiger partial charge in [0.25, 0.3) is 0 Å². The topological polar surface area (TPSA) is 80.7 Å². The first-order valence-electron chi connectivity index (χ1n) is 9.71. The Labute approximate surface area is 204 Å². The fraction of sp³-hybridized carbons (Fsp3) is 0.318. The first-order valence-corrected chi connectivity index (χ1v) is 10.5. The Morgan fingerprint density at radius 3 is 2.58 bits per heavy atom. The molecule has 0 saturated carbocycles. The van der Waals surface area contributed by atoms with Gasteiger partial charge in [-0.2, -0.15) is 0 Å². The van der Waals surface area contributed by atoms with E-state index in [0.29, 0.717) is 18.2 Å². The highest BCUT2D eigenvalue weighted by atomic mass is 127. The highest BCUT2D eigenvalue weighted by molar-refractivity contribution is 14.0. The fourth-order valence-corrected chi connectivity index (χ4v) is 3.64. The van der Waals surface area contributed by atoms with Crippen LogP contribution in [0, 0.1) is 13.8 Å². The largest absolute Gasteiger partial charge is 0.497 e. The zero-order chi connectivity index (χ0) is 21.3. The van der Waals surface area contributed by atoms with Crippen LogP contribution in [0.2, 0.25) is 0 Å². The number of halogens is 1. The third-order valence-electron chi connectivity index (χ3n) is 4.45. The molecule has 0 bridgehead atoms. The lowest BCUT2D eigenvalue weighted by molar-refractivity contribution is 0.407. The second-order valence-electron chi connectivity index (χ2n) is 6.64. The molecular formula is C22H28IN5O2S. The fourth-order valence-electron chi connectivity index (χ4n) is 2.70. The van der Waals surface area contributed by atoms with Crippen molar-refractivity contribution in [1.82, 2.24) is 20.6 Å². The number of thiazole rings is 1. The normalized spacial score (nSPS) is 10.9. The van der Waals surface area contributed by atoms with Crippen molar-refractivity contribution in [2.24, 2.45) is 4.99 Å². The zero-order valence-electron chi connectivity index (χ0n) is 18.1. The summed E-state index contributed by atoms with van der Waals surface area (Å²) in [4.78, 5) is 14.5. The van der Waals surface area contributed by atoms with Crippen LogP contribution in [0.25, 0.3) is 0 Å². The Hall–Kier alpha value is -2.40. The third-order valence-corrected chi connectivity index (χ3v) is 5.58. The van der Waals surface area contributed by atoms with Gasteiger partial charge in [0.15, 0.2) is 5.96 Å². The zero-order valence-corrected chi connectivity index (χ0v) is 21.3. The molecule has 0 unspecified atom stereocenters. The molecule has 9 heteroatoms. The molecule has 0 aliphatic carbocycles. The first kappa shape index (κ1) is 24.9. The van der Waals surface area contributed by atoms with E-state index in [1.807, 2.05) is 43.3 Å². The molecule has 0 aliphatic heterocycles. The second kappa shape index (κ2) is 12.5. The molecule has 2 heterocycles. The number of nitrogens with zero attached hydrogens (tertiary/aromatic N) is 3. The molecule has 31 heavy (non-hydrogen) atoms. The average molecular weight is 553 g/mol. The minimum Gasteiger partial charge on any atom is -0.497 e. The maximum atomic E-state index is 5.78. The monoisotopic (exact) mass is 553 g/mol. The van der Waals surface area contributed by atoms with Crippen molar-refractivity contribution >= 4 is 41.3 Å². The van der Waals surface area contributed by atoms with Gasteiger partial charge in [0.1, 0.15) is 11.5 Å². The minimum absolute atomic E-state index is 0. The number of aliphatic imine (C=N–C) groups is 1. The van der Waals surface area contributed by atoms with Crippen LogP contribution in [0.3, 0.4) is 0 Å². The summed E-state index contributed by atoms with van der Waals surface area (Å²) in [5, 5.41) is 7.76. The number of guanidine groups is 1. The quantitative estimate of drug-likeness (QED) is 0.243. The maximum absolute atomic E-state index is 5.78. The average Bonchev–Trinajstić information content (AvgIpc) is 3.09. The van der Waals surface area contributed by atoms with E-state index < -0.39 is 0 Å². The van der Waals surface area contributed by atoms with Gasteiger partial charge in [-0.25, -0.2) is 9.97 Å². The van der Waals surface area contributed by atoms with Crippen LogP contribution < -0.4 is 20.1 Å². The van der Waals surface area contributed by atoms with Crippen molar-refractivity contribution < 1.29 is 9.47 Å². The van der Waals surface area contributed by atoms with Crippen LogP contribution in [0.1, 0.15) is 21.1 Å². The molecule has 0 atom stereocenters. The van der Waals surface area contributed by atoms with Crippen LogP contribution in [0.4, 0.5) is 0 Å². The number of rotatable bonds is 8. The van der Waals surface area contributed by atoms with Crippen LogP contribution in [-0.2, 0) is 13.0 Å². The molecular weight excluding hydrogens is 525 g/mol. The van der Waals surface area contributed by atoms with Gasteiger partial charge in [-0.3, -0.25) is 4.99 Å². The summed E-state index contributed by atoms with van der Waals surface area (Å²) in [7, 11) is 3.39. The van der Waals surface area contributed by atoms with Gasteiger partial charge in [-0.1, -0.05) is 12.1 Å². The highest BCUT2D eigenvalue weighted by Crippen LogP contribution is 2.23. The molecule has 166 valence electrons. The molecule has 0 spiro atoms. The summed E-state index contributed by atoms with van der Waals surface area (Å²) in [6, 6.07) is 11.3. The standard InChI is InChI=1S/C22H27N5O2S.HI/c1-15-16(2)30-21(27-15)10-11-24-22(23-3)26-14-17-8-9-20(25-13-17)29-19-7-5-6-18(12-19)28-4;/h5-9,12-13H,10-11,14H2,1-4H3,(H2,23,24,26);1H.